The number of hydrogen-bond acceptors (Lipinski definition) is 27. The molecule has 27 heteroatoms. The Bertz CT molecular complexity index is 1030. The van der Waals surface area contributed by atoms with Crippen LogP contribution in [0.25, 0.3) is 0 Å². The average Bonchev–Trinajstić information content (AvgIpc) is 3.97. The van der Waals surface area contributed by atoms with Crippen molar-refractivity contribution in [3.63, 3.8) is 0 Å². The van der Waals surface area contributed by atoms with Gasteiger partial charge >= 0.3 is 0 Å². The Morgan fingerprint density at radius 3 is 0.936 bits per heavy atom. The zero-order valence-corrected chi connectivity index (χ0v) is 50.1. The third-order valence-corrected chi connectivity index (χ3v) is 10.9. The highest BCUT2D eigenvalue weighted by molar-refractivity contribution is 4.70. The maximum absolute atomic E-state index is 9.12. The second-order valence-corrected chi connectivity index (χ2v) is 19.0. The highest BCUT2D eigenvalue weighted by atomic mass is 16.3. The first-order valence-corrected chi connectivity index (χ1v) is 27.7. The Kier molecular flexibility index (Phi) is 81.6. The predicted octanol–water partition coefficient (Wildman–Crippen LogP) is -7.77. The molecule has 0 amide bonds. The van der Waals surface area contributed by atoms with E-state index in [1.165, 1.54) is 32.1 Å². The van der Waals surface area contributed by atoms with Gasteiger partial charge in [-0.1, -0.05) is 41.0 Å². The van der Waals surface area contributed by atoms with E-state index in [0.29, 0.717) is 52.4 Å². The van der Waals surface area contributed by atoms with E-state index in [0.717, 1.165) is 58.9 Å². The Labute approximate surface area is 470 Å². The molecule has 2 aliphatic rings. The zero-order chi connectivity index (χ0) is 61.7. The second kappa shape index (κ2) is 70.2. The van der Waals surface area contributed by atoms with Gasteiger partial charge in [-0.2, -0.15) is 0 Å². The van der Waals surface area contributed by atoms with E-state index in [2.05, 4.69) is 25.3 Å². The lowest BCUT2D eigenvalue weighted by Gasteiger charge is -2.27. The maximum atomic E-state index is 9.12. The molecule has 2 saturated heterocycles. The number of rotatable bonds is 31. The maximum Gasteiger partial charge on any atom is 0.0897 e. The number of nitrogens with zero attached hydrogens (tertiary/aromatic N) is 6. The quantitative estimate of drug-likeness (QED) is 0.0307. The van der Waals surface area contributed by atoms with Crippen molar-refractivity contribution in [2.24, 2.45) is 5.73 Å². The topological polar surface area (TPSA) is 434 Å². The lowest BCUT2D eigenvalue weighted by atomic mass is 10.1. The molecule has 2 aliphatic heterocycles. The molecule has 2 fully saturated rings. The fourth-order valence-corrected chi connectivity index (χ4v) is 5.98. The molecule has 27 nitrogen and oxygen atoms in total. The van der Waals surface area contributed by atoms with Gasteiger partial charge in [0.15, 0.2) is 0 Å². The normalized spacial score (nSPS) is 16.7. The minimum Gasteiger partial charge on any atom is -0.394 e. The minimum atomic E-state index is -0.731. The molecule has 9 atom stereocenters. The average molecular weight is 1150 g/mol. The van der Waals surface area contributed by atoms with Crippen LogP contribution < -0.4 is 16.4 Å². The summed E-state index contributed by atoms with van der Waals surface area (Å²) in [4.78, 5) is 12.2. The number of likely N-dealkylation sites (tertiary alicyclic amines) is 2. The Morgan fingerprint density at radius 2 is 0.705 bits per heavy atom. The Morgan fingerprint density at radius 1 is 0.397 bits per heavy atom. The molecule has 2 heterocycles. The van der Waals surface area contributed by atoms with Crippen molar-refractivity contribution in [2.75, 3.05) is 213 Å². The largest absolute Gasteiger partial charge is 0.394 e. The van der Waals surface area contributed by atoms with Crippen molar-refractivity contribution >= 4 is 0 Å². The van der Waals surface area contributed by atoms with Gasteiger partial charge in [-0.3, -0.25) is 0 Å². The monoisotopic (exact) mass is 1150 g/mol. The van der Waals surface area contributed by atoms with Gasteiger partial charge in [0.05, 0.1) is 114 Å². The summed E-state index contributed by atoms with van der Waals surface area (Å²) < 4.78 is 0. The minimum absolute atomic E-state index is 0.115. The van der Waals surface area contributed by atoms with Gasteiger partial charge in [-0.25, -0.2) is 0 Å². The molecule has 0 aromatic carbocycles. The number of hydrogen-bond donors (Lipinski definition) is 21. The molecule has 0 bridgehead atoms. The number of likely N-dealkylation sites (N-methyl/N-ethyl adjacent to an activating group) is 6. The van der Waals surface area contributed by atoms with E-state index in [9.17, 15) is 0 Å². The van der Waals surface area contributed by atoms with Gasteiger partial charge in [0.2, 0.25) is 0 Å². The molecule has 2 rings (SSSR count). The molecule has 0 saturated carbocycles. The number of piperidine rings is 1. The van der Waals surface area contributed by atoms with Crippen molar-refractivity contribution < 1.29 is 91.9 Å². The first-order valence-electron chi connectivity index (χ1n) is 27.7. The van der Waals surface area contributed by atoms with Crippen LogP contribution in [-0.4, -0.2) is 389 Å². The van der Waals surface area contributed by atoms with Gasteiger partial charge in [-0.05, 0) is 120 Å². The summed E-state index contributed by atoms with van der Waals surface area (Å²) >= 11 is 0. The fourth-order valence-electron chi connectivity index (χ4n) is 5.98. The van der Waals surface area contributed by atoms with Gasteiger partial charge in [0.25, 0.3) is 0 Å². The van der Waals surface area contributed by atoms with E-state index in [4.69, 9.17) is 97.7 Å². The SMILES string of the molecule is CCN(C)CC(O)CO.CCN(C)CC(O)CO.CCN(CC)CC(O)CO.CCNCC(O)CO.CN(C)CC(O)CO.CNCC(O)CO.NCC(O)CO.OCC(O)CN1CCCC1.OCC(O)CN1CCCCC1. The van der Waals surface area contributed by atoms with Gasteiger partial charge in [-0.15, -0.1) is 0 Å². The van der Waals surface area contributed by atoms with Crippen LogP contribution in [0.2, 0.25) is 0 Å². The number of nitrogens with one attached hydrogen (secondary N) is 2. The van der Waals surface area contributed by atoms with Crippen LogP contribution in [0.3, 0.4) is 0 Å². The van der Waals surface area contributed by atoms with Crippen LogP contribution >= 0.6 is 0 Å². The number of β-amino-alcohol motifs (C(OH)–C–C–N with tert-alkyl or cyclic N) is 2. The molecule has 9 unspecified atom stereocenters. The third-order valence-electron chi connectivity index (χ3n) is 10.9. The van der Waals surface area contributed by atoms with Crippen molar-refractivity contribution in [1.29, 1.82) is 0 Å². The van der Waals surface area contributed by atoms with Crippen molar-refractivity contribution in [3.8, 4) is 0 Å². The zero-order valence-electron chi connectivity index (χ0n) is 50.1. The van der Waals surface area contributed by atoms with E-state index in [-0.39, 0.29) is 66.0 Å². The summed E-state index contributed by atoms with van der Waals surface area (Å²) in [7, 11) is 9.22. The fraction of sp³-hybridized carbons (Fsp3) is 1.00. The predicted molar refractivity (Wildman–Crippen MR) is 308 cm³/mol. The summed E-state index contributed by atoms with van der Waals surface area (Å²) in [6.45, 7) is 22.0. The van der Waals surface area contributed by atoms with E-state index in [1.807, 2.05) is 77.5 Å². The summed E-state index contributed by atoms with van der Waals surface area (Å²) in [5.41, 5.74) is 4.87. The summed E-state index contributed by atoms with van der Waals surface area (Å²) in [6.07, 6.45) is 0.865. The first-order chi connectivity index (χ1) is 36.9. The van der Waals surface area contributed by atoms with Gasteiger partial charge in [0, 0.05) is 58.9 Å². The molecule has 0 spiro atoms. The van der Waals surface area contributed by atoms with Crippen LogP contribution in [-0.2, 0) is 0 Å². The highest BCUT2D eigenvalue weighted by Gasteiger charge is 2.15. The van der Waals surface area contributed by atoms with Crippen molar-refractivity contribution in [3.05, 3.63) is 0 Å². The van der Waals surface area contributed by atoms with E-state index >= 15 is 0 Å². The molecule has 0 aliphatic carbocycles. The number of aliphatic hydroxyl groups is 18. The Balaban J connectivity index is -0.000000146. The van der Waals surface area contributed by atoms with E-state index < -0.39 is 54.9 Å². The molecular formula is C51H125N9O18. The lowest BCUT2D eigenvalue weighted by Crippen LogP contribution is -2.37. The lowest BCUT2D eigenvalue weighted by molar-refractivity contribution is 0.0533. The highest BCUT2D eigenvalue weighted by Crippen LogP contribution is 2.09. The standard InChI is InChI=1S/C8H17NO2.C7H15NO2.C7H17NO2.2C6H15NO2.2C5H13NO2.C4H11NO2.C3H9NO2/c10-7-8(11)6-9-4-2-1-3-5-9;9-6-7(10)5-8-3-1-2-4-8;1-3-8(4-2)5-7(10)6-9;2*1-3-7(2)4-6(9)5-8;1-6(2)3-5(8)4-7;1-2-6-3-5(8)4-7;1-5-2-4(7)3-6;4-1-3(6)2-5/h8,10-11H,1-7H2;7,9-10H,1-6H2;7,9-10H,3-6H2,1-2H3;2*6,8-9H,3-5H2,1-2H3;5,7-8H,3-4H2,1-2H3;5-8H,2-4H2,1H3;4-7H,2-3H2,1H3;3,5-6H,1-2,4H2. The van der Waals surface area contributed by atoms with Crippen molar-refractivity contribution in [2.45, 2.75) is 122 Å². The second-order valence-electron chi connectivity index (χ2n) is 19.0. The van der Waals surface area contributed by atoms with Crippen LogP contribution in [0, 0.1) is 0 Å². The van der Waals surface area contributed by atoms with E-state index in [1.54, 1.807) is 7.05 Å². The van der Waals surface area contributed by atoms with Crippen LogP contribution in [0.4, 0.5) is 0 Å². The van der Waals surface area contributed by atoms with Crippen LogP contribution in [0.15, 0.2) is 0 Å². The first kappa shape index (κ1) is 90.7. The Hall–Kier alpha value is -1.08. The number of nitrogens with two attached hydrogens (primary N) is 1. The molecule has 482 valence electrons. The van der Waals surface area contributed by atoms with Gasteiger partial charge < -0.3 is 138 Å². The summed E-state index contributed by atoms with van der Waals surface area (Å²) in [6, 6.07) is 0. The molecular weight excluding hydrogens is 1030 g/mol. The summed E-state index contributed by atoms with van der Waals surface area (Å²) in [5.74, 6) is 0. The smallest absolute Gasteiger partial charge is 0.0897 e. The number of aliphatic hydroxyl groups excluding tert-OH is 18. The summed E-state index contributed by atoms with van der Waals surface area (Å²) in [5, 5.41) is 160. The molecule has 0 radical (unpaired) electrons. The molecule has 22 N–H and O–H groups in total. The molecule has 0 aromatic rings. The van der Waals surface area contributed by atoms with Crippen LogP contribution in [0.5, 0.6) is 0 Å². The third kappa shape index (κ3) is 77.0. The molecule has 0 aromatic heterocycles. The van der Waals surface area contributed by atoms with Crippen LogP contribution in [0.1, 0.15) is 66.7 Å². The molecule has 78 heavy (non-hydrogen) atoms. The van der Waals surface area contributed by atoms with Crippen molar-refractivity contribution in [1.82, 2.24) is 40.0 Å². The van der Waals surface area contributed by atoms with Gasteiger partial charge in [0.1, 0.15) is 0 Å².